The lowest BCUT2D eigenvalue weighted by Gasteiger charge is -2.18. The molecule has 2 amide bonds. The van der Waals surface area contributed by atoms with Crippen LogP contribution in [0.15, 0.2) is 59.5 Å². The number of unbranched alkanes of at least 4 members (excludes halogenated alkanes) is 1. The molecule has 3 rings (SSSR count). The second-order valence-electron chi connectivity index (χ2n) is 8.62. The van der Waals surface area contributed by atoms with E-state index in [1.54, 1.807) is 36.4 Å². The fraction of sp³-hybridized carbons (Fsp3) is 0.400. The lowest BCUT2D eigenvalue weighted by atomic mass is 10.1. The highest BCUT2D eigenvalue weighted by Crippen LogP contribution is 2.14. The molecule has 2 aromatic rings. The van der Waals surface area contributed by atoms with Gasteiger partial charge in [0.2, 0.25) is 10.0 Å². The minimum absolute atomic E-state index is 0.00827. The van der Waals surface area contributed by atoms with E-state index in [1.165, 1.54) is 12.1 Å². The minimum Gasteiger partial charge on any atom is -0.391 e. The molecule has 4 N–H and O–H groups in total. The molecule has 10 nitrogen and oxygen atoms in total. The van der Waals surface area contributed by atoms with Gasteiger partial charge in [-0.2, -0.15) is 4.72 Å². The van der Waals surface area contributed by atoms with Gasteiger partial charge < -0.3 is 20.7 Å². The van der Waals surface area contributed by atoms with Crippen molar-refractivity contribution in [2.45, 2.75) is 56.0 Å². The number of amides is 2. The number of carbonyl (C=O) groups is 3. The summed E-state index contributed by atoms with van der Waals surface area (Å²) in [5, 5.41) is 8.37. The number of aryl methyl sites for hydroxylation is 1. The van der Waals surface area contributed by atoms with E-state index in [0.717, 1.165) is 12.0 Å². The number of hydrogen-bond donors (Lipinski definition) is 4. The van der Waals surface area contributed by atoms with E-state index in [4.69, 9.17) is 4.74 Å². The summed E-state index contributed by atoms with van der Waals surface area (Å²) in [5.74, 6) is -1.66. The first-order valence-electron chi connectivity index (χ1n) is 11.9. The second kappa shape index (κ2) is 13.1. The van der Waals surface area contributed by atoms with Crippen LogP contribution in [0.2, 0.25) is 0 Å². The molecule has 36 heavy (non-hydrogen) atoms. The van der Waals surface area contributed by atoms with Crippen molar-refractivity contribution >= 4 is 33.7 Å². The molecule has 194 valence electrons. The topological polar surface area (TPSA) is 143 Å². The van der Waals surface area contributed by atoms with E-state index < -0.39 is 34.0 Å². The summed E-state index contributed by atoms with van der Waals surface area (Å²) in [6.07, 6.45) is 2.33. The van der Waals surface area contributed by atoms with Gasteiger partial charge in [-0.3, -0.25) is 0 Å². The Morgan fingerprint density at radius 2 is 1.78 bits per heavy atom. The van der Waals surface area contributed by atoms with Crippen LogP contribution >= 0.6 is 0 Å². The second-order valence-corrected chi connectivity index (χ2v) is 10.3. The van der Waals surface area contributed by atoms with Crippen molar-refractivity contribution in [3.63, 3.8) is 0 Å². The molecule has 2 aromatic carbocycles. The molecular formula is C25H32N4O6S. The van der Waals surface area contributed by atoms with Crippen molar-refractivity contribution in [3.8, 4) is 0 Å². The molecule has 1 saturated heterocycles. The summed E-state index contributed by atoms with van der Waals surface area (Å²) in [7, 11) is -4.02. The van der Waals surface area contributed by atoms with Gasteiger partial charge in [0, 0.05) is 12.2 Å². The first kappa shape index (κ1) is 27.3. The molecule has 0 unspecified atom stereocenters. The Bertz CT molecular complexity index is 1130. The summed E-state index contributed by atoms with van der Waals surface area (Å²) >= 11 is 0. The van der Waals surface area contributed by atoms with Gasteiger partial charge in [0.25, 0.3) is 0 Å². The average Bonchev–Trinajstić information content (AvgIpc) is 3.39. The zero-order valence-electron chi connectivity index (χ0n) is 20.2. The van der Waals surface area contributed by atoms with Crippen LogP contribution in [0, 0.1) is 6.92 Å². The fourth-order valence-corrected chi connectivity index (χ4v) is 4.92. The molecular weight excluding hydrogens is 484 g/mol. The SMILES string of the molecule is Cc1ccc(S(=O)(=O)N[C@@H](CCCCNC(=O)Nc2ccccc2)C(=O)OC(=O)[C@@H]2CCCN2)cc1. The summed E-state index contributed by atoms with van der Waals surface area (Å²) in [4.78, 5) is 37.1. The smallest absolute Gasteiger partial charge is 0.331 e. The largest absolute Gasteiger partial charge is 0.391 e. The summed E-state index contributed by atoms with van der Waals surface area (Å²) in [6, 6.07) is 13.0. The molecule has 0 radical (unpaired) electrons. The van der Waals surface area contributed by atoms with E-state index in [1.807, 2.05) is 13.0 Å². The minimum atomic E-state index is -4.02. The Morgan fingerprint density at radius 1 is 1.06 bits per heavy atom. The fourth-order valence-electron chi connectivity index (χ4n) is 3.70. The molecule has 2 atom stereocenters. The van der Waals surface area contributed by atoms with Gasteiger partial charge >= 0.3 is 18.0 Å². The van der Waals surface area contributed by atoms with Gasteiger partial charge in [-0.1, -0.05) is 35.9 Å². The molecule has 0 spiro atoms. The molecule has 0 aliphatic carbocycles. The highest BCUT2D eigenvalue weighted by atomic mass is 32.2. The van der Waals surface area contributed by atoms with Crippen LogP contribution in [-0.2, 0) is 24.3 Å². The van der Waals surface area contributed by atoms with Crippen LogP contribution in [0.3, 0.4) is 0 Å². The Hall–Kier alpha value is -3.28. The van der Waals surface area contributed by atoms with Crippen LogP contribution in [0.4, 0.5) is 10.5 Å². The van der Waals surface area contributed by atoms with Crippen molar-refractivity contribution in [2.75, 3.05) is 18.4 Å². The average molecular weight is 517 g/mol. The monoisotopic (exact) mass is 516 g/mol. The van der Waals surface area contributed by atoms with Crippen LogP contribution in [-0.4, -0.2) is 51.6 Å². The van der Waals surface area contributed by atoms with Gasteiger partial charge in [0.15, 0.2) is 0 Å². The number of rotatable bonds is 11. The number of sulfonamides is 1. The molecule has 1 fully saturated rings. The van der Waals surface area contributed by atoms with Gasteiger partial charge in [0.1, 0.15) is 12.1 Å². The predicted octanol–water partition coefficient (Wildman–Crippen LogP) is 2.46. The third-order valence-corrected chi connectivity index (χ3v) is 7.18. The Balaban J connectivity index is 1.55. The number of benzene rings is 2. The van der Waals surface area contributed by atoms with E-state index in [-0.39, 0.29) is 17.3 Å². The van der Waals surface area contributed by atoms with Crippen molar-refractivity contribution in [2.24, 2.45) is 0 Å². The van der Waals surface area contributed by atoms with E-state index in [2.05, 4.69) is 20.7 Å². The highest BCUT2D eigenvalue weighted by molar-refractivity contribution is 7.89. The number of hydrogen-bond acceptors (Lipinski definition) is 7. The summed E-state index contributed by atoms with van der Waals surface area (Å²) in [5.41, 5.74) is 1.55. The van der Waals surface area contributed by atoms with Crippen LogP contribution in [0.25, 0.3) is 0 Å². The maximum absolute atomic E-state index is 12.9. The number of nitrogens with one attached hydrogen (secondary N) is 4. The van der Waals surface area contributed by atoms with E-state index >= 15 is 0 Å². The first-order valence-corrected chi connectivity index (χ1v) is 13.4. The predicted molar refractivity (Wildman–Crippen MR) is 135 cm³/mol. The molecule has 1 aliphatic rings. The Morgan fingerprint density at radius 3 is 2.44 bits per heavy atom. The third kappa shape index (κ3) is 8.43. The number of anilines is 1. The highest BCUT2D eigenvalue weighted by Gasteiger charge is 2.31. The zero-order valence-corrected chi connectivity index (χ0v) is 21.0. The quantitative estimate of drug-likeness (QED) is 0.204. The van der Waals surface area contributed by atoms with Crippen LogP contribution in [0.1, 0.15) is 37.7 Å². The van der Waals surface area contributed by atoms with Gasteiger partial charge in [-0.05, 0) is 69.8 Å². The Kier molecular flexibility index (Phi) is 9.97. The van der Waals surface area contributed by atoms with Crippen molar-refractivity contribution < 1.29 is 27.5 Å². The first-order chi connectivity index (χ1) is 17.2. The summed E-state index contributed by atoms with van der Waals surface area (Å²) in [6.45, 7) is 2.80. The molecule has 0 bridgehead atoms. The number of urea groups is 1. The van der Waals surface area contributed by atoms with Gasteiger partial charge in [-0.25, -0.2) is 22.8 Å². The zero-order chi connectivity index (χ0) is 26.0. The third-order valence-electron chi connectivity index (χ3n) is 5.70. The maximum atomic E-state index is 12.9. The van der Waals surface area contributed by atoms with Crippen LogP contribution in [0.5, 0.6) is 0 Å². The normalized spacial score (nSPS) is 16.2. The lowest BCUT2D eigenvalue weighted by Crippen LogP contribution is -2.44. The van der Waals surface area contributed by atoms with E-state index in [9.17, 15) is 22.8 Å². The number of ether oxygens (including phenoxy) is 1. The molecule has 11 heteroatoms. The lowest BCUT2D eigenvalue weighted by molar-refractivity contribution is -0.162. The number of carbonyl (C=O) groups excluding carboxylic acids is 3. The Labute approximate surface area is 211 Å². The molecule has 0 aromatic heterocycles. The van der Waals surface area contributed by atoms with Gasteiger partial charge in [-0.15, -0.1) is 0 Å². The molecule has 0 saturated carbocycles. The van der Waals surface area contributed by atoms with Crippen molar-refractivity contribution in [1.29, 1.82) is 0 Å². The van der Waals surface area contributed by atoms with Gasteiger partial charge in [0.05, 0.1) is 4.90 Å². The summed E-state index contributed by atoms with van der Waals surface area (Å²) < 4.78 is 33.1. The van der Waals surface area contributed by atoms with Crippen molar-refractivity contribution in [3.05, 3.63) is 60.2 Å². The van der Waals surface area contributed by atoms with Crippen molar-refractivity contribution in [1.82, 2.24) is 15.4 Å². The van der Waals surface area contributed by atoms with Crippen LogP contribution < -0.4 is 20.7 Å². The number of para-hydroxylation sites is 1. The standard InChI is InChI=1S/C25H32N4O6S/c1-18-12-14-20(15-13-18)36(33,34)29-22(24(31)35-23(30)21-11-7-17-26-21)10-5-6-16-27-25(32)28-19-8-3-2-4-9-19/h2-4,8-9,12-15,21-22,26,29H,5-7,10-11,16-17H2,1H3,(H2,27,28,32)/t21-,22-/m0/s1. The van der Waals surface area contributed by atoms with E-state index in [0.29, 0.717) is 38.0 Å². The molecule has 1 aliphatic heterocycles. The number of esters is 2. The molecule has 1 heterocycles. The maximum Gasteiger partial charge on any atom is 0.331 e.